The monoisotopic (exact) mass is 331 g/mol. The first-order chi connectivity index (χ1) is 11.1. The summed E-state index contributed by atoms with van der Waals surface area (Å²) in [6.45, 7) is 2.90. The van der Waals surface area contributed by atoms with Gasteiger partial charge in [0.2, 0.25) is 5.91 Å². The summed E-state index contributed by atoms with van der Waals surface area (Å²) in [4.78, 5) is 26.7. The normalized spacial score (nSPS) is 10.3. The Bertz CT molecular complexity index is 635. The van der Waals surface area contributed by atoms with E-state index in [1.165, 1.54) is 12.7 Å². The Hall–Kier alpha value is -2.14. The van der Waals surface area contributed by atoms with Crippen LogP contribution >= 0.6 is 11.3 Å². The topological polar surface area (TPSA) is 46.6 Å². The molecule has 0 saturated carbocycles. The molecule has 5 heteroatoms. The van der Waals surface area contributed by atoms with E-state index in [1.54, 1.807) is 16.2 Å². The van der Waals surface area contributed by atoms with Gasteiger partial charge in [-0.1, -0.05) is 35.9 Å². The van der Waals surface area contributed by atoms with E-state index in [0.717, 1.165) is 10.4 Å². The lowest BCUT2D eigenvalue weighted by atomic mass is 10.1. The number of ether oxygens (including phenoxy) is 1. The van der Waals surface area contributed by atoms with Crippen molar-refractivity contribution in [3.63, 3.8) is 0 Å². The lowest BCUT2D eigenvalue weighted by Gasteiger charge is -2.22. The average Bonchev–Trinajstić information content (AvgIpc) is 3.05. The van der Waals surface area contributed by atoms with Gasteiger partial charge in [-0.3, -0.25) is 9.59 Å². The van der Waals surface area contributed by atoms with E-state index in [9.17, 15) is 9.59 Å². The molecule has 0 aliphatic rings. The summed E-state index contributed by atoms with van der Waals surface area (Å²) in [5.41, 5.74) is 2.24. The van der Waals surface area contributed by atoms with Crippen molar-refractivity contribution in [1.82, 2.24) is 4.90 Å². The van der Waals surface area contributed by atoms with Crippen molar-refractivity contribution in [1.29, 1.82) is 0 Å². The molecule has 0 saturated heterocycles. The molecule has 2 aromatic rings. The summed E-state index contributed by atoms with van der Waals surface area (Å²) >= 11 is 1.57. The van der Waals surface area contributed by atoms with Crippen LogP contribution < -0.4 is 0 Å². The SMILES string of the molecule is COC(=O)CCN(Cc1ccc(C)cc1)C(=O)Cc1cccs1. The van der Waals surface area contributed by atoms with Gasteiger partial charge in [0.05, 0.1) is 20.0 Å². The number of hydrogen-bond acceptors (Lipinski definition) is 4. The van der Waals surface area contributed by atoms with Crippen LogP contribution in [0, 0.1) is 6.92 Å². The maximum Gasteiger partial charge on any atom is 0.307 e. The molecule has 1 amide bonds. The second-order valence-corrected chi connectivity index (χ2v) is 6.42. The van der Waals surface area contributed by atoms with Gasteiger partial charge in [-0.05, 0) is 23.9 Å². The lowest BCUT2D eigenvalue weighted by molar-refractivity contribution is -0.141. The fourth-order valence-electron chi connectivity index (χ4n) is 2.21. The van der Waals surface area contributed by atoms with Gasteiger partial charge in [-0.2, -0.15) is 0 Å². The third-order valence-corrected chi connectivity index (χ3v) is 4.44. The van der Waals surface area contributed by atoms with Crippen LogP contribution in [0.3, 0.4) is 0 Å². The van der Waals surface area contributed by atoms with Gasteiger partial charge >= 0.3 is 5.97 Å². The van der Waals surface area contributed by atoms with Crippen LogP contribution in [0.15, 0.2) is 41.8 Å². The second-order valence-electron chi connectivity index (χ2n) is 5.38. The molecule has 0 radical (unpaired) electrons. The van der Waals surface area contributed by atoms with Gasteiger partial charge in [0.15, 0.2) is 0 Å². The first-order valence-corrected chi connectivity index (χ1v) is 8.39. The molecule has 122 valence electrons. The smallest absolute Gasteiger partial charge is 0.307 e. The Morgan fingerprint density at radius 1 is 1.17 bits per heavy atom. The second kappa shape index (κ2) is 8.48. The highest BCUT2D eigenvalue weighted by Gasteiger charge is 2.16. The molecule has 1 aromatic heterocycles. The fraction of sp³-hybridized carbons (Fsp3) is 0.333. The van der Waals surface area contributed by atoms with Gasteiger partial charge in [-0.25, -0.2) is 0 Å². The molecule has 23 heavy (non-hydrogen) atoms. The number of amides is 1. The van der Waals surface area contributed by atoms with Gasteiger partial charge in [0, 0.05) is 18.0 Å². The minimum Gasteiger partial charge on any atom is -0.469 e. The number of nitrogens with zero attached hydrogens (tertiary/aromatic N) is 1. The highest BCUT2D eigenvalue weighted by atomic mass is 32.1. The van der Waals surface area contributed by atoms with Crippen molar-refractivity contribution in [2.24, 2.45) is 0 Å². The molecule has 0 bridgehead atoms. The Kier molecular flexibility index (Phi) is 6.35. The summed E-state index contributed by atoms with van der Waals surface area (Å²) in [7, 11) is 1.36. The van der Waals surface area contributed by atoms with E-state index < -0.39 is 0 Å². The van der Waals surface area contributed by atoms with Crippen LogP contribution in [0.4, 0.5) is 0 Å². The highest BCUT2D eigenvalue weighted by molar-refractivity contribution is 7.10. The Morgan fingerprint density at radius 2 is 1.91 bits per heavy atom. The molecule has 1 heterocycles. The predicted molar refractivity (Wildman–Crippen MR) is 91.3 cm³/mol. The predicted octanol–water partition coefficient (Wildman–Crippen LogP) is 3.19. The summed E-state index contributed by atoms with van der Waals surface area (Å²) in [6.07, 6.45) is 0.573. The Balaban J connectivity index is 2.05. The zero-order valence-electron chi connectivity index (χ0n) is 13.5. The lowest BCUT2D eigenvalue weighted by Crippen LogP contribution is -2.33. The number of carbonyl (C=O) groups excluding carboxylic acids is 2. The zero-order chi connectivity index (χ0) is 16.7. The molecule has 0 atom stereocenters. The third kappa shape index (κ3) is 5.53. The van der Waals surface area contributed by atoms with Crippen molar-refractivity contribution >= 4 is 23.2 Å². The number of rotatable bonds is 7. The van der Waals surface area contributed by atoms with E-state index in [1.807, 2.05) is 48.7 Å². The first kappa shape index (κ1) is 17.2. The molecular formula is C18H21NO3S. The van der Waals surface area contributed by atoms with Gasteiger partial charge < -0.3 is 9.64 Å². The number of aryl methyl sites for hydroxylation is 1. The number of thiophene rings is 1. The number of methoxy groups -OCH3 is 1. The molecular weight excluding hydrogens is 310 g/mol. The Morgan fingerprint density at radius 3 is 2.52 bits per heavy atom. The molecule has 0 fully saturated rings. The summed E-state index contributed by atoms with van der Waals surface area (Å²) in [5, 5.41) is 1.96. The molecule has 0 aliphatic heterocycles. The van der Waals surface area contributed by atoms with Crippen molar-refractivity contribution in [3.05, 3.63) is 57.8 Å². The Labute approximate surface area is 140 Å². The van der Waals surface area contributed by atoms with E-state index in [4.69, 9.17) is 0 Å². The van der Waals surface area contributed by atoms with Crippen LogP contribution in [0.1, 0.15) is 22.4 Å². The first-order valence-electron chi connectivity index (χ1n) is 7.51. The number of carbonyl (C=O) groups is 2. The van der Waals surface area contributed by atoms with Gasteiger partial charge in [-0.15, -0.1) is 11.3 Å². The van der Waals surface area contributed by atoms with Gasteiger partial charge in [0.25, 0.3) is 0 Å². The molecule has 1 aromatic carbocycles. The van der Waals surface area contributed by atoms with Gasteiger partial charge in [0.1, 0.15) is 0 Å². The van der Waals surface area contributed by atoms with Crippen LogP contribution in [0.25, 0.3) is 0 Å². The van der Waals surface area contributed by atoms with Crippen molar-refractivity contribution in [2.75, 3.05) is 13.7 Å². The average molecular weight is 331 g/mol. The molecule has 0 unspecified atom stereocenters. The van der Waals surface area contributed by atoms with Crippen LogP contribution in [-0.2, 0) is 27.3 Å². The molecule has 0 N–H and O–H groups in total. The number of benzene rings is 1. The number of hydrogen-bond donors (Lipinski definition) is 0. The van der Waals surface area contributed by atoms with E-state index in [-0.39, 0.29) is 18.3 Å². The summed E-state index contributed by atoms with van der Waals surface area (Å²) in [6, 6.07) is 12.0. The third-order valence-electron chi connectivity index (χ3n) is 3.57. The fourth-order valence-corrected chi connectivity index (χ4v) is 2.90. The van der Waals surface area contributed by atoms with E-state index in [2.05, 4.69) is 4.74 Å². The van der Waals surface area contributed by atoms with Crippen LogP contribution in [0.2, 0.25) is 0 Å². The largest absolute Gasteiger partial charge is 0.469 e. The van der Waals surface area contributed by atoms with Crippen LogP contribution in [0.5, 0.6) is 0 Å². The minimum absolute atomic E-state index is 0.0249. The molecule has 0 spiro atoms. The zero-order valence-corrected chi connectivity index (χ0v) is 14.3. The maximum absolute atomic E-state index is 12.6. The summed E-state index contributed by atoms with van der Waals surface area (Å²) < 4.78 is 4.68. The van der Waals surface area contributed by atoms with E-state index in [0.29, 0.717) is 19.5 Å². The van der Waals surface area contributed by atoms with Crippen molar-refractivity contribution < 1.29 is 14.3 Å². The maximum atomic E-state index is 12.6. The minimum atomic E-state index is -0.303. The summed E-state index contributed by atoms with van der Waals surface area (Å²) in [5.74, 6) is -0.278. The molecule has 0 aliphatic carbocycles. The van der Waals surface area contributed by atoms with E-state index >= 15 is 0 Å². The quantitative estimate of drug-likeness (QED) is 0.732. The van der Waals surface area contributed by atoms with Crippen LogP contribution in [-0.4, -0.2) is 30.4 Å². The standard InChI is InChI=1S/C18H21NO3S/c1-14-5-7-15(8-6-14)13-19(10-9-18(21)22-2)17(20)12-16-4-3-11-23-16/h3-8,11H,9-10,12-13H2,1-2H3. The molecule has 4 nitrogen and oxygen atoms in total. The van der Waals surface area contributed by atoms with Crippen molar-refractivity contribution in [2.45, 2.75) is 26.3 Å². The van der Waals surface area contributed by atoms with Crippen molar-refractivity contribution in [3.8, 4) is 0 Å². The molecule has 2 rings (SSSR count). The highest BCUT2D eigenvalue weighted by Crippen LogP contribution is 2.13. The number of esters is 1.